The van der Waals surface area contributed by atoms with Crippen LogP contribution in [0.25, 0.3) is 17.4 Å². The lowest BCUT2D eigenvalue weighted by Crippen LogP contribution is -2.54. The fourth-order valence-corrected chi connectivity index (χ4v) is 3.90. The predicted molar refractivity (Wildman–Crippen MR) is 125 cm³/mol. The van der Waals surface area contributed by atoms with Crippen molar-refractivity contribution < 1.29 is 28.3 Å². The van der Waals surface area contributed by atoms with E-state index in [1.165, 1.54) is 19.3 Å². The minimum atomic E-state index is -0.822. The molecule has 1 aromatic heterocycles. The molecule has 0 unspecified atom stereocenters. The van der Waals surface area contributed by atoms with Gasteiger partial charge in [0, 0.05) is 5.56 Å². The molecule has 1 aliphatic rings. The zero-order valence-corrected chi connectivity index (χ0v) is 19.2. The number of nitrogens with zero attached hydrogens (tertiary/aromatic N) is 1. The number of benzene rings is 2. The Labute approximate surface area is 199 Å². The molecule has 2 aromatic carbocycles. The zero-order valence-electron chi connectivity index (χ0n) is 18.5. The highest BCUT2D eigenvalue weighted by Gasteiger charge is 2.37. The second kappa shape index (κ2) is 8.99. The van der Waals surface area contributed by atoms with Crippen LogP contribution in [0.5, 0.6) is 0 Å². The Hall–Kier alpha value is -4.17. The normalized spacial score (nSPS) is 15.0. The number of barbiturate groups is 1. The average molecular weight is 479 g/mol. The molecule has 2 heterocycles. The first-order chi connectivity index (χ1) is 16.2. The molecule has 1 N–H and O–H groups in total. The van der Waals surface area contributed by atoms with Crippen LogP contribution in [0, 0.1) is 13.8 Å². The first-order valence-electron chi connectivity index (χ1n) is 10.2. The minimum absolute atomic E-state index is 0.185. The van der Waals surface area contributed by atoms with Crippen LogP contribution in [-0.4, -0.2) is 30.9 Å². The van der Waals surface area contributed by atoms with Crippen LogP contribution >= 0.6 is 11.6 Å². The SMILES string of the molecule is COC(=O)c1ccc(-c2ccc(/C=C3\C(=O)NC(=O)N(c4cc(C)cc(C)c4)C3=O)o2)cc1Cl. The van der Waals surface area contributed by atoms with Gasteiger partial charge in [0.2, 0.25) is 0 Å². The molecular weight excluding hydrogens is 460 g/mol. The fraction of sp³-hybridized carbons (Fsp3) is 0.120. The molecule has 0 radical (unpaired) electrons. The quantitative estimate of drug-likeness (QED) is 0.332. The largest absolute Gasteiger partial charge is 0.465 e. The smallest absolute Gasteiger partial charge is 0.339 e. The molecule has 4 amide bonds. The van der Waals surface area contributed by atoms with Crippen LogP contribution in [-0.2, 0) is 14.3 Å². The van der Waals surface area contributed by atoms with Gasteiger partial charge in [-0.1, -0.05) is 23.7 Å². The van der Waals surface area contributed by atoms with Crippen LogP contribution in [0.3, 0.4) is 0 Å². The third kappa shape index (κ3) is 4.35. The summed E-state index contributed by atoms with van der Waals surface area (Å²) in [6.45, 7) is 3.69. The topological polar surface area (TPSA) is 106 Å². The van der Waals surface area contributed by atoms with Crippen molar-refractivity contribution in [2.45, 2.75) is 13.8 Å². The van der Waals surface area contributed by atoms with E-state index in [2.05, 4.69) is 10.1 Å². The Bertz CT molecular complexity index is 1370. The number of hydrogen-bond donors (Lipinski definition) is 1. The molecular formula is C25H19ClN2O6. The molecule has 0 saturated carbocycles. The van der Waals surface area contributed by atoms with Crippen LogP contribution in [0.1, 0.15) is 27.2 Å². The van der Waals surface area contributed by atoms with E-state index < -0.39 is 23.8 Å². The lowest BCUT2D eigenvalue weighted by atomic mass is 10.1. The first-order valence-corrected chi connectivity index (χ1v) is 10.5. The summed E-state index contributed by atoms with van der Waals surface area (Å²) in [6, 6.07) is 12.3. The number of furan rings is 1. The maximum atomic E-state index is 13.1. The molecule has 0 bridgehead atoms. The number of esters is 1. The number of hydrogen-bond acceptors (Lipinski definition) is 6. The number of urea groups is 1. The summed E-state index contributed by atoms with van der Waals surface area (Å²) in [5.41, 5.74) is 2.63. The summed E-state index contributed by atoms with van der Waals surface area (Å²) in [5, 5.41) is 2.38. The van der Waals surface area contributed by atoms with Crippen LogP contribution in [0.15, 0.2) is 58.5 Å². The summed E-state index contributed by atoms with van der Waals surface area (Å²) in [5.74, 6) is -1.53. The van der Waals surface area contributed by atoms with Crippen molar-refractivity contribution >= 4 is 47.2 Å². The van der Waals surface area contributed by atoms with Gasteiger partial charge in [-0.25, -0.2) is 14.5 Å². The number of imide groups is 2. The minimum Gasteiger partial charge on any atom is -0.465 e. The number of carbonyl (C=O) groups is 4. The molecule has 3 aromatic rings. The molecule has 4 rings (SSSR count). The molecule has 34 heavy (non-hydrogen) atoms. The van der Waals surface area contributed by atoms with Crippen molar-refractivity contribution in [2.24, 2.45) is 0 Å². The number of nitrogens with one attached hydrogen (secondary N) is 1. The van der Waals surface area contributed by atoms with E-state index in [-0.39, 0.29) is 21.9 Å². The van der Waals surface area contributed by atoms with Crippen molar-refractivity contribution in [3.63, 3.8) is 0 Å². The van der Waals surface area contributed by atoms with Crippen LogP contribution < -0.4 is 10.2 Å². The van der Waals surface area contributed by atoms with Gasteiger partial charge in [0.25, 0.3) is 11.8 Å². The third-order valence-corrected chi connectivity index (χ3v) is 5.45. The maximum absolute atomic E-state index is 13.1. The van der Waals surface area contributed by atoms with E-state index in [9.17, 15) is 19.2 Å². The summed E-state index contributed by atoms with van der Waals surface area (Å²) < 4.78 is 10.5. The van der Waals surface area contributed by atoms with E-state index >= 15 is 0 Å². The summed E-state index contributed by atoms with van der Waals surface area (Å²) in [6.07, 6.45) is 1.27. The van der Waals surface area contributed by atoms with Gasteiger partial charge < -0.3 is 9.15 Å². The highest BCUT2D eigenvalue weighted by atomic mass is 35.5. The van der Waals surface area contributed by atoms with Crippen molar-refractivity contribution in [3.05, 3.63) is 81.6 Å². The number of rotatable bonds is 4. The van der Waals surface area contributed by atoms with Gasteiger partial charge in [-0.2, -0.15) is 0 Å². The van der Waals surface area contributed by atoms with Crippen LogP contribution in [0.2, 0.25) is 5.02 Å². The number of halogens is 1. The van der Waals surface area contributed by atoms with Gasteiger partial charge in [0.05, 0.1) is 23.4 Å². The van der Waals surface area contributed by atoms with Crippen LogP contribution in [0.4, 0.5) is 10.5 Å². The van der Waals surface area contributed by atoms with Gasteiger partial charge in [-0.3, -0.25) is 14.9 Å². The van der Waals surface area contributed by atoms with Gasteiger partial charge in [-0.05, 0) is 67.4 Å². The molecule has 1 aliphatic heterocycles. The Morgan fingerprint density at radius 2 is 1.74 bits per heavy atom. The van der Waals surface area contributed by atoms with Gasteiger partial charge in [0.1, 0.15) is 17.1 Å². The van der Waals surface area contributed by atoms with E-state index in [1.807, 2.05) is 19.9 Å². The molecule has 1 saturated heterocycles. The number of aryl methyl sites for hydroxylation is 2. The van der Waals surface area contributed by atoms with E-state index in [1.54, 1.807) is 36.4 Å². The Balaban J connectivity index is 1.66. The van der Waals surface area contributed by atoms with E-state index in [0.717, 1.165) is 16.0 Å². The molecule has 172 valence electrons. The number of carbonyl (C=O) groups excluding carboxylic acids is 4. The zero-order chi connectivity index (χ0) is 24.6. The van der Waals surface area contributed by atoms with Gasteiger partial charge in [-0.15, -0.1) is 0 Å². The molecule has 0 aliphatic carbocycles. The van der Waals surface area contributed by atoms with Gasteiger partial charge in [0.15, 0.2) is 0 Å². The lowest BCUT2D eigenvalue weighted by molar-refractivity contribution is -0.122. The van der Waals surface area contributed by atoms with Crippen molar-refractivity contribution in [1.29, 1.82) is 0 Å². The molecule has 1 fully saturated rings. The maximum Gasteiger partial charge on any atom is 0.339 e. The van der Waals surface area contributed by atoms with E-state index in [4.69, 9.17) is 16.0 Å². The molecule has 0 spiro atoms. The summed E-state index contributed by atoms with van der Waals surface area (Å²) >= 11 is 6.17. The number of amides is 4. The molecule has 0 atom stereocenters. The number of ether oxygens (including phenoxy) is 1. The second-order valence-corrected chi connectivity index (χ2v) is 8.10. The summed E-state index contributed by atoms with van der Waals surface area (Å²) in [4.78, 5) is 50.6. The molecule has 8 nitrogen and oxygen atoms in total. The number of methoxy groups -OCH3 is 1. The average Bonchev–Trinajstić information content (AvgIpc) is 3.24. The first kappa shape index (κ1) is 23.0. The lowest BCUT2D eigenvalue weighted by Gasteiger charge is -2.26. The van der Waals surface area contributed by atoms with Crippen molar-refractivity contribution in [3.8, 4) is 11.3 Å². The highest BCUT2D eigenvalue weighted by molar-refractivity contribution is 6.39. The fourth-order valence-electron chi connectivity index (χ4n) is 3.64. The Morgan fingerprint density at radius 1 is 1.03 bits per heavy atom. The monoisotopic (exact) mass is 478 g/mol. The van der Waals surface area contributed by atoms with Crippen molar-refractivity contribution in [2.75, 3.05) is 12.0 Å². The predicted octanol–water partition coefficient (Wildman–Crippen LogP) is 4.67. The standard InChI is InChI=1S/C25H19ClN2O6/c1-13-8-14(2)10-16(9-13)28-23(30)19(22(29)27-25(28)32)12-17-5-7-21(34-17)15-4-6-18(20(26)11-15)24(31)33-3/h4-12H,1-3H3,(H,27,29,32)/b19-12+. The van der Waals surface area contributed by atoms with Crippen molar-refractivity contribution in [1.82, 2.24) is 5.32 Å². The Kier molecular flexibility index (Phi) is 6.08. The summed E-state index contributed by atoms with van der Waals surface area (Å²) in [7, 11) is 1.26. The highest BCUT2D eigenvalue weighted by Crippen LogP contribution is 2.29. The van der Waals surface area contributed by atoms with E-state index in [0.29, 0.717) is 17.0 Å². The molecule has 9 heteroatoms. The second-order valence-electron chi connectivity index (χ2n) is 7.69. The van der Waals surface area contributed by atoms with Gasteiger partial charge >= 0.3 is 12.0 Å². The Morgan fingerprint density at radius 3 is 2.38 bits per heavy atom. The number of anilines is 1. The third-order valence-electron chi connectivity index (χ3n) is 5.14.